The molecule has 3 N–H and O–H groups in total. The smallest absolute Gasteiger partial charge is 0.330 e. The number of carbonyl (C=O) groups is 1. The van der Waals surface area contributed by atoms with E-state index in [4.69, 9.17) is 15.2 Å². The topological polar surface area (TPSA) is 120 Å². The summed E-state index contributed by atoms with van der Waals surface area (Å²) in [6.07, 6.45) is 1.55. The van der Waals surface area contributed by atoms with Crippen molar-refractivity contribution >= 4 is 28.2 Å². The molecule has 3 rings (SSSR count). The van der Waals surface area contributed by atoms with Crippen molar-refractivity contribution in [3.63, 3.8) is 0 Å². The quantitative estimate of drug-likeness (QED) is 0.472. The molecule has 1 atom stereocenters. The van der Waals surface area contributed by atoms with Gasteiger partial charge < -0.3 is 20.1 Å². The highest BCUT2D eigenvalue weighted by molar-refractivity contribution is 6.00. The molecule has 0 bridgehead atoms. The molecule has 1 heterocycles. The summed E-state index contributed by atoms with van der Waals surface area (Å²) in [4.78, 5) is 42.4. The Balaban J connectivity index is 2.03. The first-order valence-electron chi connectivity index (χ1n) is 11.3. The van der Waals surface area contributed by atoms with Gasteiger partial charge in [0.2, 0.25) is 5.91 Å². The van der Waals surface area contributed by atoms with E-state index in [0.717, 1.165) is 28.5 Å². The summed E-state index contributed by atoms with van der Waals surface area (Å²) in [6.45, 7) is 4.43. The number of anilines is 2. The Morgan fingerprint density at radius 2 is 1.85 bits per heavy atom. The number of carbonyl (C=O) groups excluding carboxylic acids is 1. The number of aromatic nitrogens is 2. The molecule has 182 valence electrons. The maximum Gasteiger partial charge on any atom is 0.330 e. The number of nitrogens with one attached hydrogen (secondary N) is 1. The lowest BCUT2D eigenvalue weighted by Gasteiger charge is -2.27. The van der Waals surface area contributed by atoms with Gasteiger partial charge in [-0.25, -0.2) is 4.79 Å². The molecular formula is C25H32N4O5. The zero-order valence-electron chi connectivity index (χ0n) is 20.1. The summed E-state index contributed by atoms with van der Waals surface area (Å²) in [5.41, 5.74) is 5.75. The molecule has 2 aromatic carbocycles. The van der Waals surface area contributed by atoms with Crippen molar-refractivity contribution in [3.8, 4) is 5.75 Å². The third kappa shape index (κ3) is 5.14. The van der Waals surface area contributed by atoms with Crippen LogP contribution in [0, 0.1) is 0 Å². The standard InChI is InChI=1S/C25H32N4O5/c1-5-6-11-29-22(26)21(23(30)27-25(29)32)28(12-13-33-3)24(31)16(2)17-7-8-19-15-20(34-4)10-9-18(19)14-17/h7-10,14-16H,5-6,11-13,26H2,1-4H3,(H,27,30,32)/t16-/m0/s1. The molecule has 1 amide bonds. The second-order valence-electron chi connectivity index (χ2n) is 8.18. The van der Waals surface area contributed by atoms with E-state index in [2.05, 4.69) is 4.98 Å². The van der Waals surface area contributed by atoms with Crippen molar-refractivity contribution in [3.05, 3.63) is 62.8 Å². The molecule has 0 unspecified atom stereocenters. The zero-order valence-corrected chi connectivity index (χ0v) is 20.1. The van der Waals surface area contributed by atoms with Crippen molar-refractivity contribution < 1.29 is 14.3 Å². The first-order valence-corrected chi connectivity index (χ1v) is 11.3. The van der Waals surface area contributed by atoms with Gasteiger partial charge in [-0.1, -0.05) is 37.6 Å². The molecule has 0 aliphatic rings. The van der Waals surface area contributed by atoms with Gasteiger partial charge in [0.25, 0.3) is 5.56 Å². The van der Waals surface area contributed by atoms with Crippen molar-refractivity contribution in [2.45, 2.75) is 39.2 Å². The van der Waals surface area contributed by atoms with E-state index in [9.17, 15) is 14.4 Å². The summed E-state index contributed by atoms with van der Waals surface area (Å²) in [7, 11) is 3.13. The number of ether oxygens (including phenoxy) is 2. The van der Waals surface area contributed by atoms with E-state index in [-0.39, 0.29) is 30.6 Å². The number of amides is 1. The minimum atomic E-state index is -0.697. The first kappa shape index (κ1) is 25.0. The van der Waals surface area contributed by atoms with E-state index in [1.165, 1.54) is 16.6 Å². The summed E-state index contributed by atoms with van der Waals surface area (Å²) in [5.74, 6) is -0.159. The number of nitrogen functional groups attached to an aromatic ring is 1. The Hall–Kier alpha value is -3.59. The molecule has 1 aromatic heterocycles. The van der Waals surface area contributed by atoms with Crippen molar-refractivity contribution in [1.82, 2.24) is 9.55 Å². The lowest BCUT2D eigenvalue weighted by molar-refractivity contribution is -0.119. The van der Waals surface area contributed by atoms with Gasteiger partial charge in [0, 0.05) is 20.2 Å². The van der Waals surface area contributed by atoms with E-state index in [1.807, 2.05) is 43.3 Å². The highest BCUT2D eigenvalue weighted by atomic mass is 16.5. The zero-order chi connectivity index (χ0) is 24.8. The highest BCUT2D eigenvalue weighted by Crippen LogP contribution is 2.28. The third-order valence-electron chi connectivity index (χ3n) is 5.95. The van der Waals surface area contributed by atoms with E-state index < -0.39 is 17.2 Å². The number of nitrogens with two attached hydrogens (primary N) is 1. The molecule has 9 nitrogen and oxygen atoms in total. The predicted octanol–water partition coefficient (Wildman–Crippen LogP) is 2.86. The van der Waals surface area contributed by atoms with Crippen LogP contribution in [0.3, 0.4) is 0 Å². The number of hydrogen-bond acceptors (Lipinski definition) is 6. The summed E-state index contributed by atoms with van der Waals surface area (Å²) < 4.78 is 11.8. The van der Waals surface area contributed by atoms with Crippen LogP contribution in [-0.2, 0) is 16.1 Å². The average molecular weight is 469 g/mol. The van der Waals surface area contributed by atoms with Crippen LogP contribution in [-0.4, -0.2) is 42.8 Å². The number of methoxy groups -OCH3 is 2. The van der Waals surface area contributed by atoms with Crippen LogP contribution < -0.4 is 26.6 Å². The van der Waals surface area contributed by atoms with Crippen LogP contribution in [0.5, 0.6) is 5.75 Å². The number of unbranched alkanes of at least 4 members (excludes halogenated alkanes) is 1. The molecule has 0 spiro atoms. The number of H-pyrrole nitrogens is 1. The Morgan fingerprint density at radius 3 is 2.53 bits per heavy atom. The van der Waals surface area contributed by atoms with E-state index in [0.29, 0.717) is 13.0 Å². The van der Waals surface area contributed by atoms with Gasteiger partial charge in [0.05, 0.1) is 19.6 Å². The molecule has 3 aromatic rings. The predicted molar refractivity (Wildman–Crippen MR) is 134 cm³/mol. The van der Waals surface area contributed by atoms with E-state index in [1.54, 1.807) is 14.0 Å². The second-order valence-corrected chi connectivity index (χ2v) is 8.18. The van der Waals surface area contributed by atoms with Crippen LogP contribution in [0.15, 0.2) is 46.0 Å². The van der Waals surface area contributed by atoms with Crippen molar-refractivity contribution in [2.24, 2.45) is 0 Å². The van der Waals surface area contributed by atoms with Crippen molar-refractivity contribution in [2.75, 3.05) is 38.0 Å². The Morgan fingerprint density at radius 1 is 1.15 bits per heavy atom. The van der Waals surface area contributed by atoms with Crippen LogP contribution in [0.2, 0.25) is 0 Å². The average Bonchev–Trinajstić information content (AvgIpc) is 2.84. The summed E-state index contributed by atoms with van der Waals surface area (Å²) in [6, 6.07) is 11.5. The van der Waals surface area contributed by atoms with Gasteiger partial charge >= 0.3 is 5.69 Å². The fraction of sp³-hybridized carbons (Fsp3) is 0.400. The lowest BCUT2D eigenvalue weighted by atomic mass is 9.96. The summed E-state index contributed by atoms with van der Waals surface area (Å²) >= 11 is 0. The molecule has 0 aliphatic carbocycles. The Bertz CT molecular complexity index is 1280. The number of aromatic amines is 1. The highest BCUT2D eigenvalue weighted by Gasteiger charge is 2.28. The number of rotatable bonds is 10. The van der Waals surface area contributed by atoms with Crippen LogP contribution in [0.4, 0.5) is 11.5 Å². The van der Waals surface area contributed by atoms with E-state index >= 15 is 0 Å². The molecule has 0 fully saturated rings. The van der Waals surface area contributed by atoms with Crippen LogP contribution in [0.25, 0.3) is 10.8 Å². The van der Waals surface area contributed by atoms with Gasteiger partial charge in [-0.2, -0.15) is 0 Å². The first-order chi connectivity index (χ1) is 16.3. The maximum atomic E-state index is 13.7. The van der Waals surface area contributed by atoms with Gasteiger partial charge in [-0.05, 0) is 41.8 Å². The summed E-state index contributed by atoms with van der Waals surface area (Å²) in [5, 5.41) is 1.95. The van der Waals surface area contributed by atoms with Gasteiger partial charge in [-0.3, -0.25) is 19.1 Å². The Labute approximate surface area is 198 Å². The van der Waals surface area contributed by atoms with Gasteiger partial charge in [0.15, 0.2) is 5.69 Å². The van der Waals surface area contributed by atoms with Crippen LogP contribution >= 0.6 is 0 Å². The van der Waals surface area contributed by atoms with Crippen LogP contribution in [0.1, 0.15) is 38.2 Å². The lowest BCUT2D eigenvalue weighted by Crippen LogP contribution is -2.44. The second kappa shape index (κ2) is 11.0. The Kier molecular flexibility index (Phi) is 8.12. The molecule has 0 saturated carbocycles. The normalized spacial score (nSPS) is 12.0. The number of hydrogen-bond donors (Lipinski definition) is 2. The molecule has 0 aliphatic heterocycles. The van der Waals surface area contributed by atoms with Gasteiger partial charge in [0.1, 0.15) is 11.6 Å². The SMILES string of the molecule is CCCCn1c(N)c(N(CCOC)C(=O)[C@@H](C)c2ccc3cc(OC)ccc3c2)c(=O)[nH]c1=O. The maximum absolute atomic E-state index is 13.7. The molecule has 0 radical (unpaired) electrons. The molecule has 34 heavy (non-hydrogen) atoms. The fourth-order valence-corrected chi connectivity index (χ4v) is 3.91. The monoisotopic (exact) mass is 468 g/mol. The third-order valence-corrected chi connectivity index (χ3v) is 5.95. The molecule has 9 heteroatoms. The number of fused-ring (bicyclic) bond motifs is 1. The number of nitrogens with zero attached hydrogens (tertiary/aromatic N) is 2. The minimum Gasteiger partial charge on any atom is -0.497 e. The number of benzene rings is 2. The largest absolute Gasteiger partial charge is 0.497 e. The van der Waals surface area contributed by atoms with Crippen molar-refractivity contribution in [1.29, 1.82) is 0 Å². The minimum absolute atomic E-state index is 0.0236. The molecular weight excluding hydrogens is 436 g/mol. The van der Waals surface area contributed by atoms with Gasteiger partial charge in [-0.15, -0.1) is 0 Å². The molecule has 0 saturated heterocycles. The fourth-order valence-electron chi connectivity index (χ4n) is 3.91.